The average molecular weight is 322 g/mol. The lowest BCUT2D eigenvalue weighted by Crippen LogP contribution is -2.25. The van der Waals surface area contributed by atoms with Crippen LogP contribution in [0.4, 0.5) is 17.2 Å². The van der Waals surface area contributed by atoms with Crippen molar-refractivity contribution in [2.45, 2.75) is 40.0 Å². The lowest BCUT2D eigenvalue weighted by Gasteiger charge is -2.23. The van der Waals surface area contributed by atoms with Crippen LogP contribution in [0.5, 0.6) is 0 Å². The molecular weight excluding hydrogens is 300 g/mol. The molecule has 5 nitrogen and oxygen atoms in total. The number of ketones is 1. The third kappa shape index (κ3) is 2.70. The lowest BCUT2D eigenvalue weighted by atomic mass is 9.87. The number of benzene rings is 1. The van der Waals surface area contributed by atoms with Gasteiger partial charge in [0, 0.05) is 24.6 Å². The Morgan fingerprint density at radius 1 is 1.21 bits per heavy atom. The Morgan fingerprint density at radius 2 is 1.92 bits per heavy atom. The van der Waals surface area contributed by atoms with E-state index in [9.17, 15) is 4.79 Å². The molecule has 0 atom stereocenters. The molecule has 24 heavy (non-hydrogen) atoms. The zero-order chi connectivity index (χ0) is 17.5. The maximum Gasteiger partial charge on any atom is 0.173 e. The van der Waals surface area contributed by atoms with Gasteiger partial charge in [-0.3, -0.25) is 4.79 Å². The maximum atomic E-state index is 11.6. The molecule has 0 saturated heterocycles. The first kappa shape index (κ1) is 16.3. The number of anilines is 2. The van der Waals surface area contributed by atoms with Crippen LogP contribution in [0, 0.1) is 6.92 Å². The SMILES string of the molecule is CC(=O)/C(C)=N/c1c(C)ncnc1N1CC(C)(C)c2ccccc21. The molecule has 1 aromatic carbocycles. The molecule has 1 aliphatic heterocycles. The number of fused-ring (bicyclic) bond motifs is 1. The van der Waals surface area contributed by atoms with Gasteiger partial charge in [0.15, 0.2) is 11.6 Å². The standard InChI is InChI=1S/C19H22N4O/c1-12(14(3)24)22-17-13(2)20-11-21-18(17)23-10-19(4,5)15-8-6-7-9-16(15)23/h6-9,11H,10H2,1-5H3/b22-12+. The summed E-state index contributed by atoms with van der Waals surface area (Å²) in [6, 6.07) is 8.36. The molecule has 0 aliphatic carbocycles. The van der Waals surface area contributed by atoms with Crippen molar-refractivity contribution in [3.8, 4) is 0 Å². The van der Waals surface area contributed by atoms with E-state index in [0.717, 1.165) is 23.7 Å². The molecule has 0 bridgehead atoms. The molecule has 0 radical (unpaired) electrons. The summed E-state index contributed by atoms with van der Waals surface area (Å²) in [5, 5.41) is 0. The van der Waals surface area contributed by atoms with Crippen LogP contribution >= 0.6 is 0 Å². The lowest BCUT2D eigenvalue weighted by molar-refractivity contribution is -0.111. The number of aliphatic imine (C=N–C) groups is 1. The number of hydrogen-bond acceptors (Lipinski definition) is 5. The number of para-hydroxylation sites is 1. The van der Waals surface area contributed by atoms with E-state index >= 15 is 0 Å². The quantitative estimate of drug-likeness (QED) is 0.804. The van der Waals surface area contributed by atoms with Crippen LogP contribution < -0.4 is 4.90 Å². The van der Waals surface area contributed by atoms with Gasteiger partial charge < -0.3 is 4.90 Å². The first-order valence-electron chi connectivity index (χ1n) is 8.06. The zero-order valence-corrected chi connectivity index (χ0v) is 14.8. The average Bonchev–Trinajstić information content (AvgIpc) is 2.81. The summed E-state index contributed by atoms with van der Waals surface area (Å²) in [5.41, 5.74) is 4.34. The van der Waals surface area contributed by atoms with E-state index in [0.29, 0.717) is 11.4 Å². The van der Waals surface area contributed by atoms with Crippen LogP contribution in [0.1, 0.15) is 39.0 Å². The van der Waals surface area contributed by atoms with Gasteiger partial charge in [0.2, 0.25) is 0 Å². The number of Topliss-reactive ketones (excluding diaryl/α,β-unsaturated/α-hetero) is 1. The van der Waals surface area contributed by atoms with Crippen molar-refractivity contribution in [2.24, 2.45) is 4.99 Å². The number of aromatic nitrogens is 2. The summed E-state index contributed by atoms with van der Waals surface area (Å²) < 4.78 is 0. The minimum Gasteiger partial charge on any atom is -0.323 e. The highest BCUT2D eigenvalue weighted by molar-refractivity contribution is 6.38. The van der Waals surface area contributed by atoms with Crippen molar-refractivity contribution in [1.82, 2.24) is 9.97 Å². The third-order valence-electron chi connectivity index (χ3n) is 4.51. The molecule has 124 valence electrons. The second-order valence-electron chi connectivity index (χ2n) is 6.87. The van der Waals surface area contributed by atoms with Crippen molar-refractivity contribution in [1.29, 1.82) is 0 Å². The van der Waals surface area contributed by atoms with Crippen LogP contribution in [0.3, 0.4) is 0 Å². The van der Waals surface area contributed by atoms with E-state index < -0.39 is 0 Å². The number of hydrogen-bond donors (Lipinski definition) is 0. The Hall–Kier alpha value is -2.56. The summed E-state index contributed by atoms with van der Waals surface area (Å²) in [6.07, 6.45) is 1.56. The molecule has 0 saturated carbocycles. The van der Waals surface area contributed by atoms with Gasteiger partial charge in [-0.1, -0.05) is 32.0 Å². The molecule has 2 aromatic rings. The number of nitrogens with zero attached hydrogens (tertiary/aromatic N) is 4. The van der Waals surface area contributed by atoms with E-state index in [-0.39, 0.29) is 11.2 Å². The second-order valence-corrected chi connectivity index (χ2v) is 6.87. The molecule has 0 N–H and O–H groups in total. The Morgan fingerprint density at radius 3 is 2.62 bits per heavy atom. The normalized spacial score (nSPS) is 16.2. The van der Waals surface area contributed by atoms with Crippen LogP contribution in [0.25, 0.3) is 0 Å². The number of carbonyl (C=O) groups excluding carboxylic acids is 1. The zero-order valence-electron chi connectivity index (χ0n) is 14.8. The summed E-state index contributed by atoms with van der Waals surface area (Å²) in [6.45, 7) is 10.4. The van der Waals surface area contributed by atoms with Gasteiger partial charge in [-0.25, -0.2) is 15.0 Å². The van der Waals surface area contributed by atoms with Crippen molar-refractivity contribution in [3.05, 3.63) is 41.9 Å². The Labute approximate surface area is 142 Å². The Kier molecular flexibility index (Phi) is 3.95. The maximum absolute atomic E-state index is 11.6. The molecule has 0 fully saturated rings. The predicted molar refractivity (Wildman–Crippen MR) is 96.7 cm³/mol. The molecule has 0 amide bonds. The number of rotatable bonds is 3. The second kappa shape index (κ2) is 5.82. The van der Waals surface area contributed by atoms with Crippen molar-refractivity contribution >= 4 is 28.7 Å². The first-order chi connectivity index (χ1) is 11.3. The summed E-state index contributed by atoms with van der Waals surface area (Å²) in [7, 11) is 0. The topological polar surface area (TPSA) is 58.5 Å². The Balaban J connectivity index is 2.17. The van der Waals surface area contributed by atoms with Crippen LogP contribution in [0.2, 0.25) is 0 Å². The smallest absolute Gasteiger partial charge is 0.173 e. The van der Waals surface area contributed by atoms with E-state index in [4.69, 9.17) is 0 Å². The van der Waals surface area contributed by atoms with E-state index in [1.807, 2.05) is 13.0 Å². The third-order valence-corrected chi connectivity index (χ3v) is 4.51. The van der Waals surface area contributed by atoms with E-state index in [1.54, 1.807) is 13.3 Å². The fourth-order valence-corrected chi connectivity index (χ4v) is 3.07. The largest absolute Gasteiger partial charge is 0.323 e. The van der Waals surface area contributed by atoms with E-state index in [2.05, 4.69) is 51.9 Å². The Bertz CT molecular complexity index is 839. The highest BCUT2D eigenvalue weighted by atomic mass is 16.1. The van der Waals surface area contributed by atoms with Gasteiger partial charge in [-0.05, 0) is 25.5 Å². The fraction of sp³-hybridized carbons (Fsp3) is 0.368. The van der Waals surface area contributed by atoms with Crippen molar-refractivity contribution in [3.63, 3.8) is 0 Å². The molecule has 5 heteroatoms. The van der Waals surface area contributed by atoms with Crippen LogP contribution in [-0.2, 0) is 10.2 Å². The van der Waals surface area contributed by atoms with Gasteiger partial charge >= 0.3 is 0 Å². The van der Waals surface area contributed by atoms with Gasteiger partial charge in [-0.15, -0.1) is 0 Å². The number of carbonyl (C=O) groups is 1. The molecule has 3 rings (SSSR count). The van der Waals surface area contributed by atoms with Crippen LogP contribution in [0.15, 0.2) is 35.6 Å². The van der Waals surface area contributed by atoms with Gasteiger partial charge in [0.05, 0.1) is 11.4 Å². The molecular formula is C19H22N4O. The summed E-state index contributed by atoms with van der Waals surface area (Å²) >= 11 is 0. The first-order valence-corrected chi connectivity index (χ1v) is 8.06. The van der Waals surface area contributed by atoms with Crippen molar-refractivity contribution < 1.29 is 4.79 Å². The highest BCUT2D eigenvalue weighted by Crippen LogP contribution is 2.46. The van der Waals surface area contributed by atoms with Gasteiger partial charge in [0.25, 0.3) is 0 Å². The molecule has 1 aromatic heterocycles. The minimum absolute atomic E-state index is 0.0199. The predicted octanol–water partition coefficient (Wildman–Crippen LogP) is 3.90. The highest BCUT2D eigenvalue weighted by Gasteiger charge is 2.37. The molecule has 0 spiro atoms. The molecule has 1 aliphatic rings. The minimum atomic E-state index is -0.0497. The summed E-state index contributed by atoms with van der Waals surface area (Å²) in [5.74, 6) is 0.701. The fourth-order valence-electron chi connectivity index (χ4n) is 3.07. The van der Waals surface area contributed by atoms with Crippen LogP contribution in [-0.4, -0.2) is 28.0 Å². The van der Waals surface area contributed by atoms with Gasteiger partial charge in [0.1, 0.15) is 12.0 Å². The number of aryl methyl sites for hydroxylation is 1. The summed E-state index contributed by atoms with van der Waals surface area (Å²) in [4.78, 5) is 27.1. The van der Waals surface area contributed by atoms with Crippen molar-refractivity contribution in [2.75, 3.05) is 11.4 Å². The van der Waals surface area contributed by atoms with Gasteiger partial charge in [-0.2, -0.15) is 0 Å². The molecule has 2 heterocycles. The molecule has 0 unspecified atom stereocenters. The van der Waals surface area contributed by atoms with E-state index in [1.165, 1.54) is 12.5 Å². The monoisotopic (exact) mass is 322 g/mol.